The number of hydrogen-bond donors (Lipinski definition) is 2. The van der Waals surface area contributed by atoms with Gasteiger partial charge in [-0.25, -0.2) is 13.1 Å². The highest BCUT2D eigenvalue weighted by Crippen LogP contribution is 2.19. The maximum Gasteiger partial charge on any atom is 0.241 e. The summed E-state index contributed by atoms with van der Waals surface area (Å²) in [5.41, 5.74) is 5.40. The van der Waals surface area contributed by atoms with Gasteiger partial charge in [0.2, 0.25) is 10.0 Å². The van der Waals surface area contributed by atoms with Gasteiger partial charge in [0.25, 0.3) is 0 Å². The van der Waals surface area contributed by atoms with Crippen LogP contribution in [-0.4, -0.2) is 18.9 Å². The van der Waals surface area contributed by atoms with Gasteiger partial charge in [-0.05, 0) is 26.3 Å². The van der Waals surface area contributed by atoms with Crippen LogP contribution in [0.5, 0.6) is 0 Å². The minimum Gasteiger partial charge on any atom is -0.389 e. The molecule has 1 aromatic carbocycles. The van der Waals surface area contributed by atoms with Crippen molar-refractivity contribution in [3.05, 3.63) is 29.8 Å². The zero-order chi connectivity index (χ0) is 14.0. The van der Waals surface area contributed by atoms with Crippen molar-refractivity contribution in [3.8, 4) is 0 Å². The number of benzene rings is 1. The van der Waals surface area contributed by atoms with Gasteiger partial charge in [0.15, 0.2) is 0 Å². The topological polar surface area (TPSA) is 72.2 Å². The molecule has 0 atom stereocenters. The predicted octanol–water partition coefficient (Wildman–Crippen LogP) is 1.79. The molecular formula is C12H18N2O2S2. The summed E-state index contributed by atoms with van der Waals surface area (Å²) in [4.78, 5) is 0.198. The van der Waals surface area contributed by atoms with E-state index in [2.05, 4.69) is 4.72 Å². The van der Waals surface area contributed by atoms with E-state index in [0.29, 0.717) is 12.0 Å². The van der Waals surface area contributed by atoms with Crippen LogP contribution in [0.4, 0.5) is 0 Å². The molecule has 0 aliphatic carbocycles. The summed E-state index contributed by atoms with van der Waals surface area (Å²) in [6, 6.07) is 6.46. The normalized spacial score (nSPS) is 12.4. The molecule has 100 valence electrons. The average molecular weight is 286 g/mol. The molecule has 0 amide bonds. The van der Waals surface area contributed by atoms with Crippen molar-refractivity contribution in [1.29, 1.82) is 0 Å². The minimum absolute atomic E-state index is 0.0743. The van der Waals surface area contributed by atoms with Crippen molar-refractivity contribution in [1.82, 2.24) is 4.72 Å². The lowest BCUT2D eigenvalue weighted by Gasteiger charge is -2.24. The Labute approximate surface area is 114 Å². The summed E-state index contributed by atoms with van der Waals surface area (Å²) in [5.74, 6) is 0. The fraction of sp³-hybridized carbons (Fsp3) is 0.417. The number of nitrogens with one attached hydrogen (secondary N) is 1. The molecule has 3 N–H and O–H groups in total. The standard InChI is InChI=1S/C12H18N2O2S2/c1-4-12(2,3)14-18(15,16)10-8-6-5-7-9(10)11(13)17/h5-8,14H,4H2,1-3H3,(H2,13,17). The second-order valence-corrected chi connectivity index (χ2v) is 6.79. The van der Waals surface area contributed by atoms with Crippen LogP contribution < -0.4 is 10.5 Å². The Morgan fingerprint density at radius 3 is 2.44 bits per heavy atom. The molecule has 0 saturated heterocycles. The van der Waals surface area contributed by atoms with Crippen LogP contribution in [0.15, 0.2) is 29.2 Å². The van der Waals surface area contributed by atoms with Crippen LogP contribution >= 0.6 is 12.2 Å². The minimum atomic E-state index is -3.62. The Bertz CT molecular complexity index is 551. The summed E-state index contributed by atoms with van der Waals surface area (Å²) in [6.45, 7) is 5.57. The Balaban J connectivity index is 3.26. The van der Waals surface area contributed by atoms with E-state index in [9.17, 15) is 8.42 Å². The average Bonchev–Trinajstić information content (AvgIpc) is 2.28. The third kappa shape index (κ3) is 3.51. The molecule has 0 unspecified atom stereocenters. The molecule has 0 fully saturated rings. The van der Waals surface area contributed by atoms with Crippen LogP contribution in [0.3, 0.4) is 0 Å². The molecular weight excluding hydrogens is 268 g/mol. The molecule has 6 heteroatoms. The van der Waals surface area contributed by atoms with Gasteiger partial charge in [0, 0.05) is 11.1 Å². The van der Waals surface area contributed by atoms with Crippen LogP contribution in [-0.2, 0) is 10.0 Å². The van der Waals surface area contributed by atoms with Gasteiger partial charge in [-0.15, -0.1) is 0 Å². The smallest absolute Gasteiger partial charge is 0.241 e. The highest BCUT2D eigenvalue weighted by atomic mass is 32.2. The number of nitrogens with two attached hydrogens (primary N) is 1. The van der Waals surface area contributed by atoms with Crippen LogP contribution in [0, 0.1) is 0 Å². The van der Waals surface area contributed by atoms with Gasteiger partial charge in [-0.2, -0.15) is 0 Å². The molecule has 0 radical (unpaired) electrons. The molecule has 0 aliphatic heterocycles. The first-order valence-electron chi connectivity index (χ1n) is 5.62. The van der Waals surface area contributed by atoms with E-state index in [0.717, 1.165) is 0 Å². The summed E-state index contributed by atoms with van der Waals surface area (Å²) in [7, 11) is -3.62. The Morgan fingerprint density at radius 1 is 1.39 bits per heavy atom. The quantitative estimate of drug-likeness (QED) is 0.809. The second-order valence-electron chi connectivity index (χ2n) is 4.70. The van der Waals surface area contributed by atoms with Crippen molar-refractivity contribution in [2.75, 3.05) is 0 Å². The molecule has 4 nitrogen and oxygen atoms in total. The summed E-state index contributed by atoms with van der Waals surface area (Å²) in [5, 5.41) is 0. The molecule has 18 heavy (non-hydrogen) atoms. The zero-order valence-electron chi connectivity index (χ0n) is 10.7. The maximum absolute atomic E-state index is 12.3. The summed E-state index contributed by atoms with van der Waals surface area (Å²) >= 11 is 4.87. The van der Waals surface area contributed by atoms with Gasteiger partial charge in [-0.1, -0.05) is 37.3 Å². The van der Waals surface area contributed by atoms with E-state index >= 15 is 0 Å². The lowest BCUT2D eigenvalue weighted by atomic mass is 10.0. The van der Waals surface area contributed by atoms with Gasteiger partial charge < -0.3 is 5.73 Å². The van der Waals surface area contributed by atoms with Crippen molar-refractivity contribution in [2.45, 2.75) is 37.6 Å². The Kier molecular flexibility index (Phi) is 4.47. The molecule has 1 aromatic rings. The molecule has 0 spiro atoms. The van der Waals surface area contributed by atoms with Crippen molar-refractivity contribution >= 4 is 27.2 Å². The molecule has 0 aromatic heterocycles. The van der Waals surface area contributed by atoms with Crippen LogP contribution in [0.1, 0.15) is 32.8 Å². The van der Waals surface area contributed by atoms with Crippen molar-refractivity contribution < 1.29 is 8.42 Å². The fourth-order valence-electron chi connectivity index (χ4n) is 1.40. The third-order valence-electron chi connectivity index (χ3n) is 2.74. The summed E-state index contributed by atoms with van der Waals surface area (Å²) in [6.07, 6.45) is 0.682. The molecule has 0 aliphatic rings. The van der Waals surface area contributed by atoms with E-state index in [4.69, 9.17) is 18.0 Å². The first-order valence-corrected chi connectivity index (χ1v) is 7.51. The molecule has 0 bridgehead atoms. The number of rotatable bonds is 5. The summed E-state index contributed by atoms with van der Waals surface area (Å²) < 4.78 is 27.3. The number of sulfonamides is 1. The molecule has 0 heterocycles. The van der Waals surface area contributed by atoms with E-state index in [1.807, 2.05) is 20.8 Å². The van der Waals surface area contributed by atoms with Gasteiger partial charge in [0.05, 0.1) is 4.90 Å². The van der Waals surface area contributed by atoms with Gasteiger partial charge in [0.1, 0.15) is 4.99 Å². The predicted molar refractivity (Wildman–Crippen MR) is 77.0 cm³/mol. The SMILES string of the molecule is CCC(C)(C)NS(=O)(=O)c1ccccc1C(N)=S. The fourth-order valence-corrected chi connectivity index (χ4v) is 3.35. The third-order valence-corrected chi connectivity index (χ3v) is 4.71. The first kappa shape index (κ1) is 15.1. The van der Waals surface area contributed by atoms with E-state index in [1.165, 1.54) is 6.07 Å². The molecule has 0 saturated carbocycles. The van der Waals surface area contributed by atoms with E-state index < -0.39 is 15.6 Å². The monoisotopic (exact) mass is 286 g/mol. The van der Waals surface area contributed by atoms with Crippen molar-refractivity contribution in [2.24, 2.45) is 5.73 Å². The van der Waals surface area contributed by atoms with Gasteiger partial charge >= 0.3 is 0 Å². The molecule has 1 rings (SSSR count). The first-order chi connectivity index (χ1) is 8.19. The van der Waals surface area contributed by atoms with E-state index in [1.54, 1.807) is 18.2 Å². The second kappa shape index (κ2) is 5.34. The van der Waals surface area contributed by atoms with E-state index in [-0.39, 0.29) is 9.88 Å². The highest BCUT2D eigenvalue weighted by Gasteiger charge is 2.26. The lowest BCUT2D eigenvalue weighted by Crippen LogP contribution is -2.43. The Morgan fingerprint density at radius 2 is 1.94 bits per heavy atom. The Hall–Kier alpha value is -0.980. The number of thiocarbonyl (C=S) groups is 1. The van der Waals surface area contributed by atoms with Gasteiger partial charge in [-0.3, -0.25) is 0 Å². The largest absolute Gasteiger partial charge is 0.389 e. The van der Waals surface area contributed by atoms with Crippen molar-refractivity contribution in [3.63, 3.8) is 0 Å². The van der Waals surface area contributed by atoms with Crippen LogP contribution in [0.25, 0.3) is 0 Å². The maximum atomic E-state index is 12.3. The van der Waals surface area contributed by atoms with Crippen LogP contribution in [0.2, 0.25) is 0 Å². The highest BCUT2D eigenvalue weighted by molar-refractivity contribution is 7.89. The zero-order valence-corrected chi connectivity index (χ0v) is 12.4. The number of hydrogen-bond acceptors (Lipinski definition) is 3. The lowest BCUT2D eigenvalue weighted by molar-refractivity contribution is 0.439.